The summed E-state index contributed by atoms with van der Waals surface area (Å²) in [7, 11) is 0. The largest absolute Gasteiger partial charge is 0.483 e. The summed E-state index contributed by atoms with van der Waals surface area (Å²) < 4.78 is 33.4. The van der Waals surface area contributed by atoms with Gasteiger partial charge in [0.1, 0.15) is 17.4 Å². The highest BCUT2D eigenvalue weighted by molar-refractivity contribution is 7.18. The molecule has 6 heteroatoms. The molecule has 0 aliphatic heterocycles. The van der Waals surface area contributed by atoms with Crippen LogP contribution >= 0.6 is 22.9 Å². The lowest BCUT2D eigenvalue weighted by Gasteiger charge is -2.07. The Hall–Kier alpha value is -1.72. The third-order valence-corrected chi connectivity index (χ3v) is 4.27. The van der Waals surface area contributed by atoms with Gasteiger partial charge in [0, 0.05) is 10.6 Å². The monoisotopic (exact) mass is 325 g/mol. The molecule has 0 spiro atoms. The molecule has 0 atom stereocenters. The number of benzene rings is 2. The van der Waals surface area contributed by atoms with Gasteiger partial charge in [-0.3, -0.25) is 0 Å². The average Bonchev–Trinajstić information content (AvgIpc) is 2.86. The van der Waals surface area contributed by atoms with Gasteiger partial charge in [0.2, 0.25) is 0 Å². The summed E-state index contributed by atoms with van der Waals surface area (Å²) in [6, 6.07) is 7.89. The molecule has 0 aliphatic carbocycles. The maximum Gasteiger partial charge on any atom is 0.170 e. The number of nitrogens with zero attached hydrogens (tertiary/aromatic N) is 1. The minimum Gasteiger partial charge on any atom is -0.483 e. The maximum absolute atomic E-state index is 13.8. The lowest BCUT2D eigenvalue weighted by atomic mass is 10.2. The molecule has 0 amide bonds. The van der Waals surface area contributed by atoms with Crippen molar-refractivity contribution < 1.29 is 13.5 Å². The predicted octanol–water partition coefficient (Wildman–Crippen LogP) is 5.12. The van der Waals surface area contributed by atoms with Crippen LogP contribution < -0.4 is 4.74 Å². The highest BCUT2D eigenvalue weighted by Gasteiger charge is 2.12. The first-order valence-electron chi connectivity index (χ1n) is 6.17. The van der Waals surface area contributed by atoms with E-state index in [-0.39, 0.29) is 17.9 Å². The molecule has 0 aliphatic rings. The average molecular weight is 326 g/mol. The van der Waals surface area contributed by atoms with Gasteiger partial charge >= 0.3 is 0 Å². The second kappa shape index (κ2) is 5.58. The van der Waals surface area contributed by atoms with Gasteiger partial charge < -0.3 is 4.74 Å². The van der Waals surface area contributed by atoms with Crippen LogP contribution in [-0.4, -0.2) is 4.98 Å². The summed E-state index contributed by atoms with van der Waals surface area (Å²) in [5, 5.41) is 1.31. The van der Waals surface area contributed by atoms with Gasteiger partial charge in [-0.25, -0.2) is 13.8 Å². The molecule has 0 N–H and O–H groups in total. The molecule has 2 aromatic carbocycles. The van der Waals surface area contributed by atoms with E-state index in [0.29, 0.717) is 10.0 Å². The zero-order valence-electron chi connectivity index (χ0n) is 11.0. The Morgan fingerprint density at radius 2 is 2.05 bits per heavy atom. The van der Waals surface area contributed by atoms with E-state index in [1.54, 1.807) is 12.1 Å². The number of ether oxygens (including phenoxy) is 1. The number of hydrogen-bond donors (Lipinski definition) is 0. The molecule has 3 aromatic rings. The Balaban J connectivity index is 1.82. The second-order valence-corrected chi connectivity index (χ2v) is 6.04. The van der Waals surface area contributed by atoms with E-state index in [1.807, 2.05) is 6.07 Å². The molecular weight excluding hydrogens is 316 g/mol. The second-order valence-electron chi connectivity index (χ2n) is 4.49. The fourth-order valence-electron chi connectivity index (χ4n) is 1.90. The summed E-state index contributed by atoms with van der Waals surface area (Å²) in [5.41, 5.74) is 0.727. The van der Waals surface area contributed by atoms with E-state index in [2.05, 4.69) is 4.98 Å². The van der Waals surface area contributed by atoms with Gasteiger partial charge in [-0.15, -0.1) is 11.3 Å². The lowest BCUT2D eigenvalue weighted by molar-refractivity contribution is 0.288. The van der Waals surface area contributed by atoms with Gasteiger partial charge in [0.25, 0.3) is 0 Å². The third-order valence-electron chi connectivity index (χ3n) is 3.03. The van der Waals surface area contributed by atoms with E-state index < -0.39 is 11.6 Å². The SMILES string of the molecule is Cc1c(F)ccc(OCc2nc3cc(Cl)ccc3s2)c1F. The fourth-order valence-corrected chi connectivity index (χ4v) is 2.92. The number of rotatable bonds is 3. The minimum atomic E-state index is -0.681. The molecule has 1 aromatic heterocycles. The van der Waals surface area contributed by atoms with Gasteiger partial charge in [-0.1, -0.05) is 11.6 Å². The molecule has 21 heavy (non-hydrogen) atoms. The van der Waals surface area contributed by atoms with Crippen LogP contribution in [0.1, 0.15) is 10.6 Å². The first kappa shape index (κ1) is 14.2. The molecule has 0 unspecified atom stereocenters. The van der Waals surface area contributed by atoms with Crippen molar-refractivity contribution >= 4 is 33.2 Å². The number of halogens is 3. The first-order valence-corrected chi connectivity index (χ1v) is 7.36. The Morgan fingerprint density at radius 1 is 1.24 bits per heavy atom. The Bertz CT molecular complexity index is 819. The lowest BCUT2D eigenvalue weighted by Crippen LogP contribution is -1.99. The van der Waals surface area contributed by atoms with Crippen LogP contribution in [0.4, 0.5) is 8.78 Å². The van der Waals surface area contributed by atoms with Gasteiger partial charge in [-0.05, 0) is 37.3 Å². The Labute approximate surface area is 129 Å². The van der Waals surface area contributed by atoms with E-state index in [0.717, 1.165) is 10.2 Å². The van der Waals surface area contributed by atoms with Crippen molar-refractivity contribution in [3.8, 4) is 5.75 Å². The molecule has 0 fully saturated rings. The highest BCUT2D eigenvalue weighted by atomic mass is 35.5. The van der Waals surface area contributed by atoms with Crippen LogP contribution in [0.5, 0.6) is 5.75 Å². The van der Waals surface area contributed by atoms with Crippen molar-refractivity contribution in [3.63, 3.8) is 0 Å². The molecule has 0 saturated carbocycles. The van der Waals surface area contributed by atoms with Gasteiger partial charge in [0.15, 0.2) is 11.6 Å². The molecule has 3 rings (SSSR count). The summed E-state index contributed by atoms with van der Waals surface area (Å²) in [5.74, 6) is -1.25. The van der Waals surface area contributed by atoms with Crippen LogP contribution in [0.15, 0.2) is 30.3 Å². The topological polar surface area (TPSA) is 22.1 Å². The molecule has 0 bridgehead atoms. The zero-order valence-corrected chi connectivity index (χ0v) is 12.6. The smallest absolute Gasteiger partial charge is 0.170 e. The molecule has 1 heterocycles. The summed E-state index contributed by atoms with van der Waals surface area (Å²) in [6.45, 7) is 1.50. The normalized spacial score (nSPS) is 11.0. The fraction of sp³-hybridized carbons (Fsp3) is 0.133. The summed E-state index contributed by atoms with van der Waals surface area (Å²) in [6.07, 6.45) is 0. The Kier molecular flexibility index (Phi) is 3.78. The molecule has 108 valence electrons. The zero-order chi connectivity index (χ0) is 15.0. The van der Waals surface area contributed by atoms with Crippen molar-refractivity contribution in [2.45, 2.75) is 13.5 Å². The quantitative estimate of drug-likeness (QED) is 0.667. The van der Waals surface area contributed by atoms with Crippen LogP contribution in [0.25, 0.3) is 10.2 Å². The standard InChI is InChI=1S/C15H10ClF2NOS/c1-8-10(17)3-4-12(15(8)18)20-7-14-19-11-6-9(16)2-5-13(11)21-14/h2-6H,7H2,1H3. The number of hydrogen-bond acceptors (Lipinski definition) is 3. The molecule has 2 nitrogen and oxygen atoms in total. The number of fused-ring (bicyclic) bond motifs is 1. The van der Waals surface area contributed by atoms with E-state index in [1.165, 1.54) is 30.4 Å². The van der Waals surface area contributed by atoms with Gasteiger partial charge in [0.05, 0.1) is 10.2 Å². The van der Waals surface area contributed by atoms with Crippen molar-refractivity contribution in [2.24, 2.45) is 0 Å². The van der Waals surface area contributed by atoms with Crippen LogP contribution in [0.3, 0.4) is 0 Å². The number of thiazole rings is 1. The molecular formula is C15H10ClF2NOS. The van der Waals surface area contributed by atoms with Crippen molar-refractivity contribution in [1.29, 1.82) is 0 Å². The Morgan fingerprint density at radius 3 is 2.86 bits per heavy atom. The molecule has 0 saturated heterocycles. The van der Waals surface area contributed by atoms with Crippen LogP contribution in [0.2, 0.25) is 5.02 Å². The third kappa shape index (κ3) is 2.84. The predicted molar refractivity (Wildman–Crippen MR) is 80.1 cm³/mol. The van der Waals surface area contributed by atoms with Gasteiger partial charge in [-0.2, -0.15) is 0 Å². The molecule has 0 radical (unpaired) electrons. The van der Waals surface area contributed by atoms with Crippen LogP contribution in [0, 0.1) is 18.6 Å². The maximum atomic E-state index is 13.8. The first-order chi connectivity index (χ1) is 10.0. The summed E-state index contributed by atoms with van der Waals surface area (Å²) >= 11 is 7.35. The highest BCUT2D eigenvalue weighted by Crippen LogP contribution is 2.27. The minimum absolute atomic E-state index is 0.0196. The number of aromatic nitrogens is 1. The van der Waals surface area contributed by atoms with Crippen molar-refractivity contribution in [1.82, 2.24) is 4.98 Å². The van der Waals surface area contributed by atoms with Crippen molar-refractivity contribution in [3.05, 3.63) is 57.6 Å². The van der Waals surface area contributed by atoms with E-state index in [9.17, 15) is 8.78 Å². The summed E-state index contributed by atoms with van der Waals surface area (Å²) in [4.78, 5) is 4.37. The van der Waals surface area contributed by atoms with Crippen LogP contribution in [-0.2, 0) is 6.61 Å². The van der Waals surface area contributed by atoms with E-state index >= 15 is 0 Å². The van der Waals surface area contributed by atoms with E-state index in [4.69, 9.17) is 16.3 Å². The van der Waals surface area contributed by atoms with Crippen molar-refractivity contribution in [2.75, 3.05) is 0 Å².